The Morgan fingerprint density at radius 1 is 1.17 bits per heavy atom. The second kappa shape index (κ2) is 5.89. The zero-order valence-corrected chi connectivity index (χ0v) is 13.8. The third-order valence-corrected chi connectivity index (χ3v) is 4.02. The molecule has 118 valence electrons. The second-order valence-electron chi connectivity index (χ2n) is 5.07. The molecule has 0 aliphatic carbocycles. The standard InChI is InChI=1S/C16H11BrN6O/c17-11-5-6-14(24)10(7-11)8-18-20-15-12-3-1-2-4-13(12)16-21-19-9-23(16)22-15/h1-9,24H,(H,20,22). The molecular weight excluding hydrogens is 372 g/mol. The summed E-state index contributed by atoms with van der Waals surface area (Å²) in [5.41, 5.74) is 4.19. The van der Waals surface area contributed by atoms with Gasteiger partial charge in [0.15, 0.2) is 11.5 Å². The Morgan fingerprint density at radius 2 is 2.00 bits per heavy atom. The molecular formula is C16H11BrN6O. The minimum absolute atomic E-state index is 0.149. The summed E-state index contributed by atoms with van der Waals surface area (Å²) in [6.07, 6.45) is 3.07. The third kappa shape index (κ3) is 2.56. The normalized spacial score (nSPS) is 11.5. The van der Waals surface area contributed by atoms with E-state index in [-0.39, 0.29) is 5.75 Å². The van der Waals surface area contributed by atoms with E-state index in [0.717, 1.165) is 15.2 Å². The summed E-state index contributed by atoms with van der Waals surface area (Å²) < 4.78 is 2.45. The minimum Gasteiger partial charge on any atom is -0.507 e. The van der Waals surface area contributed by atoms with E-state index in [1.165, 1.54) is 12.5 Å². The molecule has 2 aromatic heterocycles. The predicted octanol–water partition coefficient (Wildman–Crippen LogP) is 3.19. The Labute approximate surface area is 144 Å². The van der Waals surface area contributed by atoms with E-state index < -0.39 is 0 Å². The highest BCUT2D eigenvalue weighted by atomic mass is 79.9. The highest BCUT2D eigenvalue weighted by Crippen LogP contribution is 2.24. The maximum atomic E-state index is 9.84. The number of fused-ring (bicyclic) bond motifs is 3. The fourth-order valence-electron chi connectivity index (χ4n) is 2.40. The topological polar surface area (TPSA) is 87.7 Å². The molecule has 0 aliphatic rings. The molecule has 0 saturated carbocycles. The number of rotatable bonds is 3. The van der Waals surface area contributed by atoms with Gasteiger partial charge in [0, 0.05) is 20.8 Å². The van der Waals surface area contributed by atoms with Crippen LogP contribution in [0.2, 0.25) is 0 Å². The van der Waals surface area contributed by atoms with Gasteiger partial charge in [-0.15, -0.1) is 15.3 Å². The first kappa shape index (κ1) is 14.6. The lowest BCUT2D eigenvalue weighted by Crippen LogP contribution is -2.00. The molecule has 0 radical (unpaired) electrons. The molecule has 0 aliphatic heterocycles. The lowest BCUT2D eigenvalue weighted by Gasteiger charge is -2.06. The molecule has 7 nitrogen and oxygen atoms in total. The van der Waals surface area contributed by atoms with E-state index in [0.29, 0.717) is 17.0 Å². The average molecular weight is 383 g/mol. The van der Waals surface area contributed by atoms with E-state index in [1.807, 2.05) is 24.3 Å². The maximum Gasteiger partial charge on any atom is 0.185 e. The molecule has 0 unspecified atom stereocenters. The molecule has 8 heteroatoms. The van der Waals surface area contributed by atoms with Gasteiger partial charge >= 0.3 is 0 Å². The lowest BCUT2D eigenvalue weighted by atomic mass is 10.2. The maximum absolute atomic E-state index is 9.84. The van der Waals surface area contributed by atoms with E-state index in [1.54, 1.807) is 22.7 Å². The largest absolute Gasteiger partial charge is 0.507 e. The van der Waals surface area contributed by atoms with Crippen molar-refractivity contribution < 1.29 is 5.11 Å². The van der Waals surface area contributed by atoms with Crippen LogP contribution in [0.1, 0.15) is 5.56 Å². The number of aromatic nitrogens is 4. The van der Waals surface area contributed by atoms with Crippen molar-refractivity contribution in [3.63, 3.8) is 0 Å². The van der Waals surface area contributed by atoms with E-state index in [4.69, 9.17) is 0 Å². The number of hydrazone groups is 1. The predicted molar refractivity (Wildman–Crippen MR) is 95.3 cm³/mol. The average Bonchev–Trinajstić information content (AvgIpc) is 3.06. The molecule has 2 aromatic carbocycles. The van der Waals surface area contributed by atoms with E-state index in [2.05, 4.69) is 41.8 Å². The van der Waals surface area contributed by atoms with Gasteiger partial charge in [0.1, 0.15) is 12.1 Å². The highest BCUT2D eigenvalue weighted by molar-refractivity contribution is 9.10. The zero-order valence-electron chi connectivity index (χ0n) is 12.3. The number of nitrogens with one attached hydrogen (secondary N) is 1. The van der Waals surface area contributed by atoms with Gasteiger partial charge < -0.3 is 5.11 Å². The van der Waals surface area contributed by atoms with Gasteiger partial charge in [-0.1, -0.05) is 40.2 Å². The molecule has 4 aromatic rings. The van der Waals surface area contributed by atoms with Gasteiger partial charge in [0.25, 0.3) is 0 Å². The van der Waals surface area contributed by atoms with Crippen molar-refractivity contribution in [2.24, 2.45) is 5.10 Å². The van der Waals surface area contributed by atoms with E-state index >= 15 is 0 Å². The zero-order chi connectivity index (χ0) is 16.5. The highest BCUT2D eigenvalue weighted by Gasteiger charge is 2.09. The molecule has 2 heterocycles. The van der Waals surface area contributed by atoms with Crippen molar-refractivity contribution >= 4 is 44.4 Å². The molecule has 0 atom stereocenters. The molecule has 0 spiro atoms. The van der Waals surface area contributed by atoms with Crippen LogP contribution >= 0.6 is 15.9 Å². The molecule has 0 bridgehead atoms. The van der Waals surface area contributed by atoms with Crippen molar-refractivity contribution in [3.8, 4) is 5.75 Å². The summed E-state index contributed by atoms with van der Waals surface area (Å²) in [5, 5.41) is 28.2. The van der Waals surface area contributed by atoms with Crippen LogP contribution in [0.4, 0.5) is 5.82 Å². The minimum atomic E-state index is 0.149. The van der Waals surface area contributed by atoms with Gasteiger partial charge in [0.05, 0.1) is 6.21 Å². The fraction of sp³-hybridized carbons (Fsp3) is 0. The van der Waals surface area contributed by atoms with Crippen LogP contribution in [0, 0.1) is 0 Å². The Hall–Kier alpha value is -3.00. The van der Waals surface area contributed by atoms with Crippen molar-refractivity contribution in [2.45, 2.75) is 0 Å². The van der Waals surface area contributed by atoms with Crippen molar-refractivity contribution in [2.75, 3.05) is 5.43 Å². The van der Waals surface area contributed by atoms with Crippen LogP contribution < -0.4 is 5.43 Å². The first-order valence-electron chi connectivity index (χ1n) is 7.09. The van der Waals surface area contributed by atoms with Gasteiger partial charge in [-0.25, -0.2) is 0 Å². The number of nitrogens with zero attached hydrogens (tertiary/aromatic N) is 5. The Kier molecular flexibility index (Phi) is 3.58. The summed E-state index contributed by atoms with van der Waals surface area (Å²) in [7, 11) is 0. The van der Waals surface area contributed by atoms with Gasteiger partial charge in [-0.05, 0) is 18.2 Å². The van der Waals surface area contributed by atoms with Crippen LogP contribution in [0.25, 0.3) is 16.4 Å². The van der Waals surface area contributed by atoms with Gasteiger partial charge in [0.2, 0.25) is 0 Å². The number of phenols is 1. The molecule has 0 fully saturated rings. The first-order chi connectivity index (χ1) is 11.7. The third-order valence-electron chi connectivity index (χ3n) is 3.52. The molecule has 2 N–H and O–H groups in total. The van der Waals surface area contributed by atoms with Crippen molar-refractivity contribution in [1.29, 1.82) is 0 Å². The van der Waals surface area contributed by atoms with E-state index in [9.17, 15) is 5.11 Å². The Balaban J connectivity index is 1.73. The first-order valence-corrected chi connectivity index (χ1v) is 7.88. The quantitative estimate of drug-likeness (QED) is 0.419. The SMILES string of the molecule is Oc1ccc(Br)cc1C=NNc1nn2cnnc2c2ccccc12. The summed E-state index contributed by atoms with van der Waals surface area (Å²) in [5.74, 6) is 0.722. The monoisotopic (exact) mass is 382 g/mol. The van der Waals surface area contributed by atoms with Crippen molar-refractivity contribution in [1.82, 2.24) is 19.8 Å². The number of benzene rings is 2. The second-order valence-corrected chi connectivity index (χ2v) is 5.98. The number of hydrogen-bond acceptors (Lipinski definition) is 6. The molecule has 0 saturated heterocycles. The summed E-state index contributed by atoms with van der Waals surface area (Å²) in [6, 6.07) is 12.9. The Bertz CT molecular complexity index is 1070. The number of aromatic hydroxyl groups is 1. The van der Waals surface area contributed by atoms with Crippen LogP contribution in [0.5, 0.6) is 5.75 Å². The molecule has 4 rings (SSSR count). The lowest BCUT2D eigenvalue weighted by molar-refractivity contribution is 0.474. The van der Waals surface area contributed by atoms with Crippen molar-refractivity contribution in [3.05, 3.63) is 58.8 Å². The van der Waals surface area contributed by atoms with Crippen LogP contribution in [-0.2, 0) is 0 Å². The smallest absolute Gasteiger partial charge is 0.185 e. The van der Waals surface area contributed by atoms with Crippen LogP contribution in [0.15, 0.2) is 58.4 Å². The number of phenolic OH excluding ortho intramolecular Hbond substituents is 1. The molecule has 0 amide bonds. The number of halogens is 1. The van der Waals surface area contributed by atoms with Gasteiger partial charge in [-0.2, -0.15) is 9.62 Å². The fourth-order valence-corrected chi connectivity index (χ4v) is 2.78. The van der Waals surface area contributed by atoms with Crippen LogP contribution in [0.3, 0.4) is 0 Å². The molecule has 24 heavy (non-hydrogen) atoms. The summed E-state index contributed by atoms with van der Waals surface area (Å²) in [4.78, 5) is 0. The summed E-state index contributed by atoms with van der Waals surface area (Å²) >= 11 is 3.37. The number of hydrogen-bond donors (Lipinski definition) is 2. The number of anilines is 1. The van der Waals surface area contributed by atoms with Gasteiger partial charge in [-0.3, -0.25) is 5.43 Å². The van der Waals surface area contributed by atoms with Crippen LogP contribution in [-0.4, -0.2) is 31.1 Å². The summed E-state index contributed by atoms with van der Waals surface area (Å²) in [6.45, 7) is 0. The Morgan fingerprint density at radius 3 is 2.88 bits per heavy atom.